The van der Waals surface area contributed by atoms with Crippen LogP contribution in [0.2, 0.25) is 0 Å². The van der Waals surface area contributed by atoms with E-state index in [2.05, 4.69) is 61.7 Å². The van der Waals surface area contributed by atoms with Gasteiger partial charge in [-0.15, -0.1) is 0 Å². The molecule has 6 heteroatoms. The highest BCUT2D eigenvalue weighted by Crippen LogP contribution is 2.16. The number of amides is 1. The van der Waals surface area contributed by atoms with Gasteiger partial charge in [0.05, 0.1) is 25.4 Å². The summed E-state index contributed by atoms with van der Waals surface area (Å²) in [6.07, 6.45) is 62.3. The molecule has 3 N–H and O–H groups in total. The van der Waals surface area contributed by atoms with E-state index in [9.17, 15) is 19.8 Å². The lowest BCUT2D eigenvalue weighted by Crippen LogP contribution is -2.45. The van der Waals surface area contributed by atoms with E-state index >= 15 is 0 Å². The van der Waals surface area contributed by atoms with Crippen LogP contribution >= 0.6 is 0 Å². The zero-order valence-electron chi connectivity index (χ0n) is 40.4. The standard InChI is InChI=1S/C55H101NO5/c1-3-5-7-9-11-13-15-17-19-20-21-25-29-33-37-41-45-49-55(60)61-50-46-42-38-34-30-26-22-24-28-32-36-40-44-48-54(59)56-52(51-57)53(58)47-43-39-35-31-27-23-18-16-14-12-10-8-6-4-2/h11,13,17,19,24,28,36,40,52-53,57-58H,3-10,12,14-16,18,20-23,25-27,29-35,37-39,41-51H2,1-2H3,(H,56,59)/b13-11-,19-17-,28-24-,40-36-. The molecule has 0 saturated heterocycles. The van der Waals surface area contributed by atoms with Crippen LogP contribution in [0.4, 0.5) is 0 Å². The molecule has 0 bridgehead atoms. The van der Waals surface area contributed by atoms with Crippen LogP contribution in [0, 0.1) is 0 Å². The minimum absolute atomic E-state index is 0.0254. The SMILES string of the molecule is CCCCC/C=C\C/C=C\CCCCCCCCCC(=O)OCCCCCCCC/C=C\C/C=C\CCC(=O)NC(CO)C(O)CCCCCCCCCCCCCCCC. The number of aliphatic hydroxyl groups is 2. The van der Waals surface area contributed by atoms with Crippen LogP contribution < -0.4 is 5.32 Å². The molecule has 0 rings (SSSR count). The van der Waals surface area contributed by atoms with Crippen molar-refractivity contribution in [2.24, 2.45) is 0 Å². The lowest BCUT2D eigenvalue weighted by atomic mass is 10.0. The van der Waals surface area contributed by atoms with E-state index in [-0.39, 0.29) is 18.5 Å². The van der Waals surface area contributed by atoms with E-state index in [0.717, 1.165) is 57.8 Å². The molecule has 0 aromatic rings. The normalized spacial score (nSPS) is 13.0. The minimum atomic E-state index is -0.700. The Labute approximate surface area is 378 Å². The number of nitrogens with one attached hydrogen (secondary N) is 1. The van der Waals surface area contributed by atoms with Gasteiger partial charge in [0.2, 0.25) is 5.91 Å². The van der Waals surface area contributed by atoms with Crippen LogP contribution in [0.5, 0.6) is 0 Å². The number of unbranched alkanes of at least 4 members (excludes halogenated alkanes) is 29. The van der Waals surface area contributed by atoms with Crippen LogP contribution in [0.25, 0.3) is 0 Å². The van der Waals surface area contributed by atoms with Gasteiger partial charge in [0.25, 0.3) is 0 Å². The summed E-state index contributed by atoms with van der Waals surface area (Å²) in [6.45, 7) is 4.85. The molecule has 0 aliphatic carbocycles. The highest BCUT2D eigenvalue weighted by Gasteiger charge is 2.19. The van der Waals surface area contributed by atoms with Crippen molar-refractivity contribution in [3.8, 4) is 0 Å². The molecule has 0 heterocycles. The van der Waals surface area contributed by atoms with E-state index in [1.807, 2.05) is 6.08 Å². The van der Waals surface area contributed by atoms with Crippen molar-refractivity contribution in [3.05, 3.63) is 48.6 Å². The van der Waals surface area contributed by atoms with E-state index in [1.54, 1.807) is 0 Å². The second-order valence-corrected chi connectivity index (χ2v) is 17.8. The monoisotopic (exact) mass is 856 g/mol. The Morgan fingerprint density at radius 1 is 0.459 bits per heavy atom. The van der Waals surface area contributed by atoms with Crippen LogP contribution in [-0.4, -0.2) is 47.4 Å². The molecule has 0 fully saturated rings. The lowest BCUT2D eigenvalue weighted by Gasteiger charge is -2.22. The first kappa shape index (κ1) is 58.8. The number of rotatable bonds is 48. The maximum Gasteiger partial charge on any atom is 0.305 e. The Morgan fingerprint density at radius 2 is 0.836 bits per heavy atom. The van der Waals surface area contributed by atoms with E-state index in [0.29, 0.717) is 32.3 Å². The van der Waals surface area contributed by atoms with Crippen LogP contribution in [0.1, 0.15) is 264 Å². The third-order valence-corrected chi connectivity index (χ3v) is 11.9. The van der Waals surface area contributed by atoms with Crippen molar-refractivity contribution < 1.29 is 24.5 Å². The number of aliphatic hydroxyl groups excluding tert-OH is 2. The van der Waals surface area contributed by atoms with Crippen LogP contribution in [0.15, 0.2) is 48.6 Å². The minimum Gasteiger partial charge on any atom is -0.466 e. The first-order chi connectivity index (χ1) is 30.0. The van der Waals surface area contributed by atoms with Crippen molar-refractivity contribution in [2.45, 2.75) is 276 Å². The Hall–Kier alpha value is -2.18. The van der Waals surface area contributed by atoms with Crippen molar-refractivity contribution in [1.29, 1.82) is 0 Å². The van der Waals surface area contributed by atoms with Gasteiger partial charge in [0.15, 0.2) is 0 Å². The fourth-order valence-corrected chi connectivity index (χ4v) is 7.78. The molecule has 0 aromatic carbocycles. The van der Waals surface area contributed by atoms with Gasteiger partial charge in [-0.2, -0.15) is 0 Å². The van der Waals surface area contributed by atoms with Crippen molar-refractivity contribution >= 4 is 11.9 Å². The third kappa shape index (κ3) is 47.1. The van der Waals surface area contributed by atoms with Crippen molar-refractivity contribution in [2.75, 3.05) is 13.2 Å². The molecular weight excluding hydrogens is 755 g/mol. The molecule has 356 valence electrons. The average molecular weight is 856 g/mol. The van der Waals surface area contributed by atoms with Crippen molar-refractivity contribution in [3.63, 3.8) is 0 Å². The number of hydrogen-bond acceptors (Lipinski definition) is 5. The number of allylic oxidation sites excluding steroid dienone is 8. The van der Waals surface area contributed by atoms with E-state index < -0.39 is 12.1 Å². The van der Waals surface area contributed by atoms with Crippen LogP contribution in [0.3, 0.4) is 0 Å². The van der Waals surface area contributed by atoms with Gasteiger partial charge >= 0.3 is 5.97 Å². The first-order valence-electron chi connectivity index (χ1n) is 26.4. The molecule has 2 unspecified atom stereocenters. The lowest BCUT2D eigenvalue weighted by molar-refractivity contribution is -0.143. The van der Waals surface area contributed by atoms with E-state index in [4.69, 9.17) is 4.74 Å². The predicted octanol–water partition coefficient (Wildman–Crippen LogP) is 15.8. The first-order valence-corrected chi connectivity index (χ1v) is 26.4. The summed E-state index contributed by atoms with van der Waals surface area (Å²) in [5.41, 5.74) is 0. The average Bonchev–Trinajstić information content (AvgIpc) is 3.26. The highest BCUT2D eigenvalue weighted by molar-refractivity contribution is 5.76. The van der Waals surface area contributed by atoms with Gasteiger partial charge in [-0.25, -0.2) is 0 Å². The Balaban J connectivity index is 3.55. The number of ether oxygens (including phenoxy) is 1. The summed E-state index contributed by atoms with van der Waals surface area (Å²) in [4.78, 5) is 24.4. The molecule has 0 spiro atoms. The maximum absolute atomic E-state index is 12.4. The molecule has 1 amide bonds. The molecule has 0 saturated carbocycles. The molecule has 0 aliphatic rings. The molecule has 0 aromatic heterocycles. The summed E-state index contributed by atoms with van der Waals surface area (Å²) in [5.74, 6) is -0.142. The Morgan fingerprint density at radius 3 is 1.31 bits per heavy atom. The molecular formula is C55H101NO5. The zero-order chi connectivity index (χ0) is 44.4. The number of esters is 1. The van der Waals surface area contributed by atoms with E-state index in [1.165, 1.54) is 167 Å². The fraction of sp³-hybridized carbons (Fsp3) is 0.818. The fourth-order valence-electron chi connectivity index (χ4n) is 7.78. The highest BCUT2D eigenvalue weighted by atomic mass is 16.5. The smallest absolute Gasteiger partial charge is 0.305 e. The molecule has 6 nitrogen and oxygen atoms in total. The summed E-state index contributed by atoms with van der Waals surface area (Å²) < 4.78 is 5.45. The number of hydrogen-bond donors (Lipinski definition) is 3. The number of carbonyl (C=O) groups is 2. The summed E-state index contributed by atoms with van der Waals surface area (Å²) >= 11 is 0. The van der Waals surface area contributed by atoms with Gasteiger partial charge in [0, 0.05) is 12.8 Å². The summed E-state index contributed by atoms with van der Waals surface area (Å²) in [5, 5.41) is 23.1. The molecule has 0 radical (unpaired) electrons. The molecule has 0 aliphatic heterocycles. The van der Waals surface area contributed by atoms with Gasteiger partial charge in [-0.3, -0.25) is 9.59 Å². The largest absolute Gasteiger partial charge is 0.466 e. The second kappa shape index (κ2) is 50.5. The summed E-state index contributed by atoms with van der Waals surface area (Å²) in [6, 6.07) is -0.586. The zero-order valence-corrected chi connectivity index (χ0v) is 40.4. The third-order valence-electron chi connectivity index (χ3n) is 11.9. The maximum atomic E-state index is 12.4. The second-order valence-electron chi connectivity index (χ2n) is 17.8. The predicted molar refractivity (Wildman–Crippen MR) is 264 cm³/mol. The van der Waals surface area contributed by atoms with Gasteiger partial charge in [-0.05, 0) is 77.0 Å². The Bertz CT molecular complexity index is 1040. The van der Waals surface area contributed by atoms with Crippen LogP contribution in [-0.2, 0) is 14.3 Å². The number of carbonyl (C=O) groups excluding carboxylic acids is 2. The summed E-state index contributed by atoms with van der Waals surface area (Å²) in [7, 11) is 0. The Kier molecular flexibility index (Phi) is 48.7. The van der Waals surface area contributed by atoms with Gasteiger partial charge in [-0.1, -0.05) is 223 Å². The van der Waals surface area contributed by atoms with Gasteiger partial charge in [0.1, 0.15) is 0 Å². The van der Waals surface area contributed by atoms with Crippen molar-refractivity contribution in [1.82, 2.24) is 5.32 Å². The molecule has 61 heavy (non-hydrogen) atoms. The molecule has 2 atom stereocenters. The topological polar surface area (TPSA) is 95.9 Å². The quantitative estimate of drug-likeness (QED) is 0.0322. The van der Waals surface area contributed by atoms with Gasteiger partial charge < -0.3 is 20.3 Å².